The molecule has 84 valence electrons. The number of nitrogens with zero attached hydrogens (tertiary/aromatic N) is 1. The van der Waals surface area contributed by atoms with Crippen molar-refractivity contribution < 1.29 is 4.79 Å². The average molecular weight is 208 g/mol. The fourth-order valence-corrected chi connectivity index (χ4v) is 2.20. The van der Waals surface area contributed by atoms with Gasteiger partial charge in [0, 0.05) is 6.42 Å². The van der Waals surface area contributed by atoms with E-state index in [-0.39, 0.29) is 11.9 Å². The molecule has 1 atom stereocenters. The van der Waals surface area contributed by atoms with Gasteiger partial charge in [0.25, 0.3) is 0 Å². The fraction of sp³-hybridized carbons (Fsp3) is 0.833. The molecule has 0 aromatic carbocycles. The lowest BCUT2D eigenvalue weighted by molar-refractivity contribution is -0.121. The molecule has 1 aliphatic rings. The highest BCUT2D eigenvalue weighted by Gasteiger charge is 2.24. The minimum absolute atomic E-state index is 0.0228. The average Bonchev–Trinajstić information content (AvgIpc) is 2.27. The SMILES string of the molecule is CCCC(=O)NC(C#N)C1CCCCC1. The van der Waals surface area contributed by atoms with Crippen LogP contribution in [0.1, 0.15) is 51.9 Å². The van der Waals surface area contributed by atoms with Crippen molar-refractivity contribution in [2.75, 3.05) is 0 Å². The standard InChI is InChI=1S/C12H20N2O/c1-2-6-12(15)14-11(9-13)10-7-4-3-5-8-10/h10-11H,2-8H2,1H3,(H,14,15). The molecule has 1 saturated carbocycles. The highest BCUT2D eigenvalue weighted by atomic mass is 16.1. The summed E-state index contributed by atoms with van der Waals surface area (Å²) in [5.74, 6) is 0.402. The van der Waals surface area contributed by atoms with Crippen molar-refractivity contribution in [1.82, 2.24) is 5.32 Å². The van der Waals surface area contributed by atoms with E-state index in [9.17, 15) is 4.79 Å². The Balaban J connectivity index is 2.41. The number of carbonyl (C=O) groups excluding carboxylic acids is 1. The summed E-state index contributed by atoms with van der Waals surface area (Å²) in [5.41, 5.74) is 0. The van der Waals surface area contributed by atoms with E-state index in [1.807, 2.05) is 6.92 Å². The first-order valence-electron chi connectivity index (χ1n) is 5.97. The van der Waals surface area contributed by atoms with Gasteiger partial charge in [-0.15, -0.1) is 0 Å². The molecular formula is C12H20N2O. The molecule has 15 heavy (non-hydrogen) atoms. The molecule has 1 rings (SSSR count). The van der Waals surface area contributed by atoms with Crippen LogP contribution in [0, 0.1) is 17.2 Å². The Morgan fingerprint density at radius 3 is 2.67 bits per heavy atom. The van der Waals surface area contributed by atoms with Crippen molar-refractivity contribution in [3.05, 3.63) is 0 Å². The third kappa shape index (κ3) is 3.91. The zero-order chi connectivity index (χ0) is 11.1. The Hall–Kier alpha value is -1.04. The third-order valence-electron chi connectivity index (χ3n) is 3.05. The molecule has 1 amide bonds. The van der Waals surface area contributed by atoms with Gasteiger partial charge in [-0.1, -0.05) is 26.2 Å². The second-order valence-corrected chi connectivity index (χ2v) is 4.32. The highest BCUT2D eigenvalue weighted by molar-refractivity contribution is 5.76. The van der Waals surface area contributed by atoms with Crippen LogP contribution in [0.2, 0.25) is 0 Å². The van der Waals surface area contributed by atoms with E-state index in [4.69, 9.17) is 5.26 Å². The van der Waals surface area contributed by atoms with Gasteiger partial charge in [0.1, 0.15) is 6.04 Å². The molecule has 1 N–H and O–H groups in total. The maximum Gasteiger partial charge on any atom is 0.221 e. The first-order valence-corrected chi connectivity index (χ1v) is 5.97. The monoisotopic (exact) mass is 208 g/mol. The number of nitriles is 1. The number of amides is 1. The van der Waals surface area contributed by atoms with E-state index >= 15 is 0 Å². The van der Waals surface area contributed by atoms with Gasteiger partial charge in [-0.3, -0.25) is 4.79 Å². The Morgan fingerprint density at radius 1 is 1.47 bits per heavy atom. The smallest absolute Gasteiger partial charge is 0.221 e. The topological polar surface area (TPSA) is 52.9 Å². The summed E-state index contributed by atoms with van der Waals surface area (Å²) in [6.07, 6.45) is 7.23. The van der Waals surface area contributed by atoms with Crippen molar-refractivity contribution in [3.8, 4) is 6.07 Å². The molecule has 0 bridgehead atoms. The predicted molar refractivity (Wildman–Crippen MR) is 59.0 cm³/mol. The summed E-state index contributed by atoms with van der Waals surface area (Å²) in [7, 11) is 0. The van der Waals surface area contributed by atoms with Gasteiger partial charge in [-0.05, 0) is 25.2 Å². The summed E-state index contributed by atoms with van der Waals surface area (Å²) in [6.45, 7) is 1.97. The van der Waals surface area contributed by atoms with Crippen LogP contribution in [-0.2, 0) is 4.79 Å². The highest BCUT2D eigenvalue weighted by Crippen LogP contribution is 2.26. The Morgan fingerprint density at radius 2 is 2.13 bits per heavy atom. The molecule has 0 aromatic heterocycles. The van der Waals surface area contributed by atoms with Crippen LogP contribution >= 0.6 is 0 Å². The molecule has 1 fully saturated rings. The molecule has 0 heterocycles. The minimum atomic E-state index is -0.260. The predicted octanol–water partition coefficient (Wildman–Crippen LogP) is 2.38. The minimum Gasteiger partial charge on any atom is -0.340 e. The van der Waals surface area contributed by atoms with Gasteiger partial charge in [0.15, 0.2) is 0 Å². The number of carbonyl (C=O) groups is 1. The molecule has 3 nitrogen and oxygen atoms in total. The lowest BCUT2D eigenvalue weighted by atomic mass is 9.84. The number of hydrogen-bond donors (Lipinski definition) is 1. The van der Waals surface area contributed by atoms with Crippen molar-refractivity contribution in [2.24, 2.45) is 5.92 Å². The molecule has 0 spiro atoms. The van der Waals surface area contributed by atoms with Crippen molar-refractivity contribution in [1.29, 1.82) is 5.26 Å². The normalized spacial score (nSPS) is 19.2. The molecule has 0 saturated heterocycles. The summed E-state index contributed by atoms with van der Waals surface area (Å²) < 4.78 is 0. The largest absolute Gasteiger partial charge is 0.340 e. The maximum atomic E-state index is 11.4. The van der Waals surface area contributed by atoms with E-state index < -0.39 is 0 Å². The lowest BCUT2D eigenvalue weighted by Crippen LogP contribution is -2.39. The van der Waals surface area contributed by atoms with Gasteiger partial charge in [0.2, 0.25) is 5.91 Å². The summed E-state index contributed by atoms with van der Waals surface area (Å²) >= 11 is 0. The third-order valence-corrected chi connectivity index (χ3v) is 3.05. The second kappa shape index (κ2) is 6.44. The molecular weight excluding hydrogens is 188 g/mol. The van der Waals surface area contributed by atoms with E-state index in [0.717, 1.165) is 19.3 Å². The van der Waals surface area contributed by atoms with Crippen molar-refractivity contribution in [3.63, 3.8) is 0 Å². The summed E-state index contributed by atoms with van der Waals surface area (Å²) in [6, 6.07) is 1.97. The van der Waals surface area contributed by atoms with Gasteiger partial charge in [-0.2, -0.15) is 5.26 Å². The van der Waals surface area contributed by atoms with Crippen molar-refractivity contribution >= 4 is 5.91 Å². The molecule has 1 unspecified atom stereocenters. The Kier molecular flexibility index (Phi) is 5.17. The Labute approximate surface area is 91.9 Å². The zero-order valence-electron chi connectivity index (χ0n) is 9.46. The maximum absolute atomic E-state index is 11.4. The van der Waals surface area contributed by atoms with E-state index in [1.165, 1.54) is 19.3 Å². The van der Waals surface area contributed by atoms with E-state index in [2.05, 4.69) is 11.4 Å². The zero-order valence-corrected chi connectivity index (χ0v) is 9.46. The lowest BCUT2D eigenvalue weighted by Gasteiger charge is -2.26. The first kappa shape index (κ1) is 12.0. The number of rotatable bonds is 4. The fourth-order valence-electron chi connectivity index (χ4n) is 2.20. The number of nitrogens with one attached hydrogen (secondary N) is 1. The van der Waals surface area contributed by atoms with Gasteiger partial charge in [-0.25, -0.2) is 0 Å². The van der Waals surface area contributed by atoms with Crippen LogP contribution in [-0.4, -0.2) is 11.9 Å². The van der Waals surface area contributed by atoms with E-state index in [1.54, 1.807) is 0 Å². The quantitative estimate of drug-likeness (QED) is 0.771. The van der Waals surface area contributed by atoms with Crippen LogP contribution in [0.3, 0.4) is 0 Å². The summed E-state index contributed by atoms with van der Waals surface area (Å²) in [5, 5.41) is 11.9. The molecule has 0 aromatic rings. The van der Waals surface area contributed by atoms with Crippen molar-refractivity contribution in [2.45, 2.75) is 57.9 Å². The van der Waals surface area contributed by atoms with Crippen LogP contribution < -0.4 is 5.32 Å². The van der Waals surface area contributed by atoms with Crippen LogP contribution in [0.4, 0.5) is 0 Å². The van der Waals surface area contributed by atoms with Crippen LogP contribution in [0.15, 0.2) is 0 Å². The van der Waals surface area contributed by atoms with Crippen LogP contribution in [0.25, 0.3) is 0 Å². The second-order valence-electron chi connectivity index (χ2n) is 4.32. The number of hydrogen-bond acceptors (Lipinski definition) is 2. The molecule has 3 heteroatoms. The molecule has 1 aliphatic carbocycles. The van der Waals surface area contributed by atoms with E-state index in [0.29, 0.717) is 12.3 Å². The van der Waals surface area contributed by atoms with Gasteiger partial charge in [0.05, 0.1) is 6.07 Å². The Bertz CT molecular complexity index is 238. The van der Waals surface area contributed by atoms with Gasteiger partial charge >= 0.3 is 0 Å². The summed E-state index contributed by atoms with van der Waals surface area (Å²) in [4.78, 5) is 11.4. The first-order chi connectivity index (χ1) is 7.27. The van der Waals surface area contributed by atoms with Crippen LogP contribution in [0.5, 0.6) is 0 Å². The van der Waals surface area contributed by atoms with Gasteiger partial charge < -0.3 is 5.32 Å². The molecule has 0 radical (unpaired) electrons. The molecule has 0 aliphatic heterocycles.